The van der Waals surface area contributed by atoms with Crippen molar-refractivity contribution in [2.45, 2.75) is 27.7 Å². The number of anilines is 1. The summed E-state index contributed by atoms with van der Waals surface area (Å²) in [5.74, 6) is -0.168. The number of nitrogens with zero attached hydrogens (tertiary/aromatic N) is 3. The van der Waals surface area contributed by atoms with E-state index in [-0.39, 0.29) is 5.91 Å². The number of carbonyl (C=O) groups is 1. The maximum atomic E-state index is 12.6. The van der Waals surface area contributed by atoms with Crippen LogP contribution in [0.1, 0.15) is 31.5 Å². The molecule has 0 unspecified atom stereocenters. The predicted molar refractivity (Wildman–Crippen MR) is 116 cm³/mol. The summed E-state index contributed by atoms with van der Waals surface area (Å²) >= 11 is 3.19. The molecule has 1 amide bonds. The van der Waals surface area contributed by atoms with Gasteiger partial charge in [-0.15, -0.1) is 22.7 Å². The maximum Gasteiger partial charge on any atom is 0.257 e. The lowest BCUT2D eigenvalue weighted by Crippen LogP contribution is -2.12. The van der Waals surface area contributed by atoms with Crippen molar-refractivity contribution < 1.29 is 4.79 Å². The van der Waals surface area contributed by atoms with E-state index in [1.807, 2.05) is 54.2 Å². The molecule has 0 aliphatic rings. The van der Waals surface area contributed by atoms with Crippen molar-refractivity contribution >= 4 is 33.7 Å². The SMILES string of the molecule is Cc1cc(C)n(-c2ccc(C(=O)Nc3nc(-c4cc(C)sc4C)cs3)cc2)n1. The normalized spacial score (nSPS) is 11.0. The van der Waals surface area contributed by atoms with E-state index in [2.05, 4.69) is 35.3 Å². The molecule has 0 saturated heterocycles. The monoisotopic (exact) mass is 408 g/mol. The molecule has 5 nitrogen and oxygen atoms in total. The Morgan fingerprint density at radius 2 is 1.82 bits per heavy atom. The third-order valence-electron chi connectivity index (χ3n) is 4.43. The van der Waals surface area contributed by atoms with Crippen LogP contribution in [0, 0.1) is 27.7 Å². The molecule has 0 spiro atoms. The summed E-state index contributed by atoms with van der Waals surface area (Å²) < 4.78 is 1.87. The van der Waals surface area contributed by atoms with Gasteiger partial charge in [-0.25, -0.2) is 9.67 Å². The second-order valence-electron chi connectivity index (χ2n) is 6.70. The van der Waals surface area contributed by atoms with E-state index < -0.39 is 0 Å². The number of aryl methyl sites for hydroxylation is 4. The van der Waals surface area contributed by atoms with E-state index in [4.69, 9.17) is 0 Å². The van der Waals surface area contributed by atoms with E-state index in [1.165, 1.54) is 21.1 Å². The molecule has 4 rings (SSSR count). The van der Waals surface area contributed by atoms with Gasteiger partial charge in [0, 0.05) is 32.0 Å². The van der Waals surface area contributed by atoms with Crippen molar-refractivity contribution in [2.75, 3.05) is 5.32 Å². The fourth-order valence-corrected chi connectivity index (χ4v) is 4.79. The lowest BCUT2D eigenvalue weighted by atomic mass is 10.2. The van der Waals surface area contributed by atoms with Gasteiger partial charge in [-0.05, 0) is 64.1 Å². The molecule has 1 aromatic carbocycles. The van der Waals surface area contributed by atoms with Crippen molar-refractivity contribution in [2.24, 2.45) is 0 Å². The lowest BCUT2D eigenvalue weighted by molar-refractivity contribution is 0.102. The first-order valence-corrected chi connectivity index (χ1v) is 10.6. The van der Waals surface area contributed by atoms with E-state index in [9.17, 15) is 4.79 Å². The van der Waals surface area contributed by atoms with Crippen LogP contribution in [0.2, 0.25) is 0 Å². The molecule has 1 N–H and O–H groups in total. The number of benzene rings is 1. The first kappa shape index (κ1) is 18.6. The summed E-state index contributed by atoms with van der Waals surface area (Å²) in [4.78, 5) is 19.7. The van der Waals surface area contributed by atoms with Crippen LogP contribution in [-0.4, -0.2) is 20.7 Å². The van der Waals surface area contributed by atoms with E-state index in [1.54, 1.807) is 11.3 Å². The molecular formula is C21H20N4OS2. The lowest BCUT2D eigenvalue weighted by Gasteiger charge is -2.06. The Balaban J connectivity index is 1.50. The van der Waals surface area contributed by atoms with E-state index in [0.717, 1.165) is 28.3 Å². The summed E-state index contributed by atoms with van der Waals surface area (Å²) in [5, 5.41) is 9.96. The Hall–Kier alpha value is -2.77. The van der Waals surface area contributed by atoms with Crippen LogP contribution in [0.3, 0.4) is 0 Å². The quantitative estimate of drug-likeness (QED) is 0.482. The largest absolute Gasteiger partial charge is 0.298 e. The number of hydrogen-bond acceptors (Lipinski definition) is 5. The first-order valence-electron chi connectivity index (χ1n) is 8.88. The van der Waals surface area contributed by atoms with Crippen LogP contribution >= 0.6 is 22.7 Å². The molecular weight excluding hydrogens is 388 g/mol. The van der Waals surface area contributed by atoms with Gasteiger partial charge in [0.15, 0.2) is 5.13 Å². The first-order chi connectivity index (χ1) is 13.4. The van der Waals surface area contributed by atoms with Crippen molar-refractivity contribution in [1.29, 1.82) is 0 Å². The van der Waals surface area contributed by atoms with Gasteiger partial charge in [-0.1, -0.05) is 0 Å². The smallest absolute Gasteiger partial charge is 0.257 e. The number of hydrogen-bond donors (Lipinski definition) is 1. The van der Waals surface area contributed by atoms with Gasteiger partial charge in [-0.3, -0.25) is 10.1 Å². The van der Waals surface area contributed by atoms with Gasteiger partial charge in [0.1, 0.15) is 0 Å². The van der Waals surface area contributed by atoms with E-state index >= 15 is 0 Å². The molecule has 0 aliphatic heterocycles. The highest BCUT2D eigenvalue weighted by molar-refractivity contribution is 7.14. The van der Waals surface area contributed by atoms with Crippen LogP contribution in [0.4, 0.5) is 5.13 Å². The van der Waals surface area contributed by atoms with Crippen LogP contribution < -0.4 is 5.32 Å². The fraction of sp³-hybridized carbons (Fsp3) is 0.190. The van der Waals surface area contributed by atoms with Crippen molar-refractivity contribution in [3.8, 4) is 16.9 Å². The number of amides is 1. The van der Waals surface area contributed by atoms with Gasteiger partial charge in [0.25, 0.3) is 5.91 Å². The molecule has 0 fully saturated rings. The minimum atomic E-state index is -0.168. The zero-order valence-corrected chi connectivity index (χ0v) is 17.7. The number of aromatic nitrogens is 3. The molecule has 0 aliphatic carbocycles. The summed E-state index contributed by atoms with van der Waals surface area (Å²) in [7, 11) is 0. The standard InChI is InChI=1S/C21H20N4OS2/c1-12-9-13(2)25(24-12)17-7-5-16(6-8-17)20(26)23-21-22-19(11-27-21)18-10-14(3)28-15(18)4/h5-11H,1-4H3,(H,22,23,26). The fourth-order valence-electron chi connectivity index (χ4n) is 3.15. The van der Waals surface area contributed by atoms with Gasteiger partial charge >= 0.3 is 0 Å². The number of rotatable bonds is 4. The van der Waals surface area contributed by atoms with E-state index in [0.29, 0.717) is 10.7 Å². The van der Waals surface area contributed by atoms with Crippen LogP contribution in [0.15, 0.2) is 41.8 Å². The zero-order chi connectivity index (χ0) is 19.8. The Kier molecular flexibility index (Phi) is 4.87. The summed E-state index contributed by atoms with van der Waals surface area (Å²) in [6.07, 6.45) is 0. The average Bonchev–Trinajstić information content (AvgIpc) is 3.34. The van der Waals surface area contributed by atoms with Gasteiger partial charge < -0.3 is 0 Å². The molecule has 7 heteroatoms. The number of thiophene rings is 1. The Morgan fingerprint density at radius 1 is 1.07 bits per heavy atom. The molecule has 0 saturated carbocycles. The second-order valence-corrected chi connectivity index (χ2v) is 9.02. The van der Waals surface area contributed by atoms with Crippen molar-refractivity contribution in [3.63, 3.8) is 0 Å². The highest BCUT2D eigenvalue weighted by atomic mass is 32.1. The molecule has 3 heterocycles. The minimum Gasteiger partial charge on any atom is -0.298 e. The molecule has 0 atom stereocenters. The van der Waals surface area contributed by atoms with Crippen molar-refractivity contribution in [3.05, 3.63) is 68.5 Å². The van der Waals surface area contributed by atoms with Gasteiger partial charge in [0.2, 0.25) is 0 Å². The number of carbonyl (C=O) groups excluding carboxylic acids is 1. The molecule has 0 radical (unpaired) electrons. The molecule has 28 heavy (non-hydrogen) atoms. The van der Waals surface area contributed by atoms with Crippen LogP contribution in [0.25, 0.3) is 16.9 Å². The predicted octanol–water partition coefficient (Wildman–Crippen LogP) is 5.54. The third kappa shape index (κ3) is 3.63. The van der Waals surface area contributed by atoms with Crippen molar-refractivity contribution in [1.82, 2.24) is 14.8 Å². The topological polar surface area (TPSA) is 59.8 Å². The molecule has 4 aromatic rings. The number of nitrogens with one attached hydrogen (secondary N) is 1. The maximum absolute atomic E-state index is 12.6. The highest BCUT2D eigenvalue weighted by Crippen LogP contribution is 2.32. The summed E-state index contributed by atoms with van der Waals surface area (Å²) in [6.45, 7) is 8.16. The van der Waals surface area contributed by atoms with Gasteiger partial charge in [0.05, 0.1) is 17.1 Å². The molecule has 0 bridgehead atoms. The third-order valence-corrected chi connectivity index (χ3v) is 6.15. The van der Waals surface area contributed by atoms with Gasteiger partial charge in [-0.2, -0.15) is 5.10 Å². The average molecular weight is 409 g/mol. The molecule has 142 valence electrons. The summed E-state index contributed by atoms with van der Waals surface area (Å²) in [6, 6.07) is 11.6. The number of thiazole rings is 1. The zero-order valence-electron chi connectivity index (χ0n) is 16.1. The Bertz CT molecular complexity index is 1150. The Labute approximate surface area is 171 Å². The minimum absolute atomic E-state index is 0.168. The summed E-state index contributed by atoms with van der Waals surface area (Å²) in [5.41, 5.74) is 5.58. The van der Waals surface area contributed by atoms with Crippen LogP contribution in [0.5, 0.6) is 0 Å². The van der Waals surface area contributed by atoms with Crippen LogP contribution in [-0.2, 0) is 0 Å². The highest BCUT2D eigenvalue weighted by Gasteiger charge is 2.13. The Morgan fingerprint density at radius 3 is 2.43 bits per heavy atom. The molecule has 3 aromatic heterocycles. The second kappa shape index (κ2) is 7.33.